The zero-order chi connectivity index (χ0) is 20.2. The molecule has 1 fully saturated rings. The number of ether oxygens (including phenoxy) is 1. The van der Waals surface area contributed by atoms with Gasteiger partial charge in [-0.05, 0) is 12.0 Å². The molecule has 1 atom stereocenters. The lowest BCUT2D eigenvalue weighted by Gasteiger charge is -2.34. The standard InChI is InChI=1S/C22H32N2O4/c1-2-3-4-5-9-12-20(25)24-15-14-23-22(27)19(24)17-21(26)28-16-13-18-10-7-6-8-11-18/h6-8,10-11,19H,2-5,9,12-17H2,1H3,(H,23,27). The van der Waals surface area contributed by atoms with Crippen LogP contribution in [-0.2, 0) is 25.5 Å². The van der Waals surface area contributed by atoms with E-state index in [0.29, 0.717) is 25.9 Å². The molecule has 0 saturated carbocycles. The minimum Gasteiger partial charge on any atom is -0.465 e. The SMILES string of the molecule is CCCCCCCC(=O)N1CCNC(=O)C1CC(=O)OCCc1ccccc1. The second-order valence-electron chi connectivity index (χ2n) is 7.22. The van der Waals surface area contributed by atoms with Crippen molar-refractivity contribution in [3.63, 3.8) is 0 Å². The van der Waals surface area contributed by atoms with E-state index in [2.05, 4.69) is 12.2 Å². The zero-order valence-electron chi connectivity index (χ0n) is 16.8. The monoisotopic (exact) mass is 388 g/mol. The number of amides is 2. The molecule has 0 aliphatic carbocycles. The summed E-state index contributed by atoms with van der Waals surface area (Å²) in [5, 5.41) is 2.75. The van der Waals surface area contributed by atoms with Crippen molar-refractivity contribution in [3.05, 3.63) is 35.9 Å². The van der Waals surface area contributed by atoms with Crippen LogP contribution in [-0.4, -0.2) is 48.4 Å². The Morgan fingerprint density at radius 1 is 1.14 bits per heavy atom. The molecule has 1 N–H and O–H groups in total. The highest BCUT2D eigenvalue weighted by Gasteiger charge is 2.34. The van der Waals surface area contributed by atoms with Crippen LogP contribution in [0.3, 0.4) is 0 Å². The molecule has 154 valence electrons. The van der Waals surface area contributed by atoms with Gasteiger partial charge in [-0.1, -0.05) is 62.9 Å². The smallest absolute Gasteiger partial charge is 0.308 e. The van der Waals surface area contributed by atoms with Crippen molar-refractivity contribution in [2.75, 3.05) is 19.7 Å². The highest BCUT2D eigenvalue weighted by Crippen LogP contribution is 2.14. The fourth-order valence-electron chi connectivity index (χ4n) is 3.38. The van der Waals surface area contributed by atoms with E-state index >= 15 is 0 Å². The van der Waals surface area contributed by atoms with Crippen LogP contribution in [0.15, 0.2) is 30.3 Å². The lowest BCUT2D eigenvalue weighted by Crippen LogP contribution is -2.57. The minimum absolute atomic E-state index is 0.0477. The van der Waals surface area contributed by atoms with Gasteiger partial charge in [-0.25, -0.2) is 0 Å². The predicted octanol–water partition coefficient (Wildman–Crippen LogP) is 2.85. The number of piperazine rings is 1. The first-order valence-corrected chi connectivity index (χ1v) is 10.4. The Hall–Kier alpha value is -2.37. The van der Waals surface area contributed by atoms with Crippen LogP contribution in [0, 0.1) is 0 Å². The van der Waals surface area contributed by atoms with E-state index in [0.717, 1.165) is 31.2 Å². The van der Waals surface area contributed by atoms with Crippen molar-refractivity contribution in [2.24, 2.45) is 0 Å². The quantitative estimate of drug-likeness (QED) is 0.467. The summed E-state index contributed by atoms with van der Waals surface area (Å²) in [6, 6.07) is 9.00. The van der Waals surface area contributed by atoms with Gasteiger partial charge in [0.2, 0.25) is 11.8 Å². The number of hydrogen-bond acceptors (Lipinski definition) is 4. The van der Waals surface area contributed by atoms with Gasteiger partial charge in [-0.2, -0.15) is 0 Å². The molecule has 1 aromatic carbocycles. The molecule has 1 saturated heterocycles. The maximum atomic E-state index is 12.6. The molecule has 2 rings (SSSR count). The largest absolute Gasteiger partial charge is 0.465 e. The van der Waals surface area contributed by atoms with Crippen LogP contribution in [0.1, 0.15) is 57.4 Å². The van der Waals surface area contributed by atoms with Crippen LogP contribution in [0.25, 0.3) is 0 Å². The van der Waals surface area contributed by atoms with E-state index in [1.54, 1.807) is 4.90 Å². The van der Waals surface area contributed by atoms with Crippen molar-refractivity contribution in [1.29, 1.82) is 0 Å². The summed E-state index contributed by atoms with van der Waals surface area (Å²) in [6.07, 6.45) is 6.27. The molecule has 0 spiro atoms. The van der Waals surface area contributed by atoms with Crippen LogP contribution in [0.5, 0.6) is 0 Å². The number of carbonyl (C=O) groups is 3. The first-order chi connectivity index (χ1) is 13.6. The molecule has 0 aromatic heterocycles. The highest BCUT2D eigenvalue weighted by molar-refractivity contribution is 5.91. The topological polar surface area (TPSA) is 75.7 Å². The van der Waals surface area contributed by atoms with Crippen LogP contribution in [0.4, 0.5) is 0 Å². The van der Waals surface area contributed by atoms with Gasteiger partial charge in [0.25, 0.3) is 0 Å². The summed E-state index contributed by atoms with van der Waals surface area (Å²) < 4.78 is 5.29. The highest BCUT2D eigenvalue weighted by atomic mass is 16.5. The van der Waals surface area contributed by atoms with Crippen LogP contribution in [0.2, 0.25) is 0 Å². The molecule has 1 unspecified atom stereocenters. The zero-order valence-corrected chi connectivity index (χ0v) is 16.8. The van der Waals surface area contributed by atoms with Crippen LogP contribution < -0.4 is 5.32 Å². The molecular weight excluding hydrogens is 356 g/mol. The number of carbonyl (C=O) groups excluding carboxylic acids is 3. The van der Waals surface area contributed by atoms with Gasteiger partial charge in [-0.3, -0.25) is 14.4 Å². The lowest BCUT2D eigenvalue weighted by atomic mass is 10.1. The Bertz CT molecular complexity index is 633. The van der Waals surface area contributed by atoms with Crippen LogP contribution >= 0.6 is 0 Å². The summed E-state index contributed by atoms with van der Waals surface area (Å²) in [6.45, 7) is 3.30. The third-order valence-corrected chi connectivity index (χ3v) is 5.00. The maximum Gasteiger partial charge on any atom is 0.308 e. The van der Waals surface area contributed by atoms with Crippen molar-refractivity contribution in [3.8, 4) is 0 Å². The van der Waals surface area contributed by atoms with Gasteiger partial charge in [0.05, 0.1) is 13.0 Å². The number of nitrogens with one attached hydrogen (secondary N) is 1. The molecule has 1 aliphatic rings. The number of benzene rings is 1. The number of nitrogens with zero attached hydrogens (tertiary/aromatic N) is 1. The van der Waals surface area contributed by atoms with E-state index in [4.69, 9.17) is 4.74 Å². The normalized spacial score (nSPS) is 16.5. The van der Waals surface area contributed by atoms with Gasteiger partial charge < -0.3 is 15.0 Å². The Morgan fingerprint density at radius 3 is 2.64 bits per heavy atom. The molecule has 28 heavy (non-hydrogen) atoms. The first-order valence-electron chi connectivity index (χ1n) is 10.4. The molecule has 6 nitrogen and oxygen atoms in total. The third kappa shape index (κ3) is 7.33. The fraction of sp³-hybridized carbons (Fsp3) is 0.591. The number of esters is 1. The second-order valence-corrected chi connectivity index (χ2v) is 7.22. The van der Waals surface area contributed by atoms with E-state index in [9.17, 15) is 14.4 Å². The van der Waals surface area contributed by atoms with Crippen molar-refractivity contribution in [2.45, 2.75) is 64.3 Å². The second kappa shape index (κ2) is 12.2. The lowest BCUT2D eigenvalue weighted by molar-refractivity contribution is -0.151. The Labute approximate surface area is 167 Å². The summed E-state index contributed by atoms with van der Waals surface area (Å²) in [5.41, 5.74) is 1.09. The van der Waals surface area contributed by atoms with Gasteiger partial charge >= 0.3 is 5.97 Å². The summed E-state index contributed by atoms with van der Waals surface area (Å²) >= 11 is 0. The molecule has 0 radical (unpaired) electrons. The predicted molar refractivity (Wildman–Crippen MR) is 108 cm³/mol. The number of rotatable bonds is 11. The number of hydrogen-bond donors (Lipinski definition) is 1. The molecule has 0 bridgehead atoms. The Kier molecular flexibility index (Phi) is 9.52. The summed E-state index contributed by atoms with van der Waals surface area (Å²) in [4.78, 5) is 38.6. The van der Waals surface area contributed by atoms with Crippen molar-refractivity contribution >= 4 is 17.8 Å². The average Bonchev–Trinajstić information content (AvgIpc) is 2.70. The Balaban J connectivity index is 1.79. The molecule has 2 amide bonds. The summed E-state index contributed by atoms with van der Waals surface area (Å²) in [7, 11) is 0. The molecular formula is C22H32N2O4. The van der Waals surface area contributed by atoms with Gasteiger partial charge in [0, 0.05) is 25.9 Å². The first kappa shape index (κ1) is 21.9. The van der Waals surface area contributed by atoms with Gasteiger partial charge in [0.1, 0.15) is 6.04 Å². The van der Waals surface area contributed by atoms with E-state index in [-0.39, 0.29) is 24.8 Å². The van der Waals surface area contributed by atoms with E-state index < -0.39 is 12.0 Å². The van der Waals surface area contributed by atoms with Gasteiger partial charge in [-0.15, -0.1) is 0 Å². The Morgan fingerprint density at radius 2 is 1.89 bits per heavy atom. The number of unbranched alkanes of at least 4 members (excludes halogenated alkanes) is 4. The van der Waals surface area contributed by atoms with Gasteiger partial charge in [0.15, 0.2) is 0 Å². The maximum absolute atomic E-state index is 12.6. The van der Waals surface area contributed by atoms with E-state index in [1.807, 2.05) is 30.3 Å². The minimum atomic E-state index is -0.763. The average molecular weight is 389 g/mol. The van der Waals surface area contributed by atoms with E-state index in [1.165, 1.54) is 6.42 Å². The molecule has 1 heterocycles. The molecule has 1 aliphatic heterocycles. The summed E-state index contributed by atoms with van der Waals surface area (Å²) in [5.74, 6) is -0.766. The third-order valence-electron chi connectivity index (χ3n) is 5.00. The van der Waals surface area contributed by atoms with Crippen molar-refractivity contribution < 1.29 is 19.1 Å². The fourth-order valence-corrected chi connectivity index (χ4v) is 3.38. The molecule has 1 aromatic rings. The van der Waals surface area contributed by atoms with Crippen molar-refractivity contribution in [1.82, 2.24) is 10.2 Å². The molecule has 6 heteroatoms.